The molecule has 0 aliphatic carbocycles. The van der Waals surface area contributed by atoms with Crippen molar-refractivity contribution >= 4 is 76.3 Å². The monoisotopic (exact) mass is 974 g/mol. The summed E-state index contributed by atoms with van der Waals surface area (Å²) in [6.07, 6.45) is 10.5. The molecule has 1 aromatic carbocycles. The molecule has 0 aromatic heterocycles. The van der Waals surface area contributed by atoms with Crippen molar-refractivity contribution < 1.29 is 53.0 Å². The van der Waals surface area contributed by atoms with Crippen LogP contribution in [0.15, 0.2) is 18.2 Å². The van der Waals surface area contributed by atoms with Gasteiger partial charge in [0.25, 0.3) is 23.2 Å². The smallest absolute Gasteiger partial charge is 0.355 e. The molecule has 376 valence electrons. The molecule has 3 aliphatic rings. The summed E-state index contributed by atoms with van der Waals surface area (Å²) in [6.45, 7) is 1.67. The maximum absolute atomic E-state index is 13.0. The molecule has 7 N–H and O–H groups in total. The van der Waals surface area contributed by atoms with Crippen LogP contribution in [0.5, 0.6) is 0 Å². The normalized spacial score (nSPS) is 17.7. The first-order valence-electron chi connectivity index (χ1n) is 23.7. The molecule has 0 radical (unpaired) electrons. The number of hydrogen-bond acceptors (Lipinski definition) is 15. The average Bonchev–Trinajstić information content (AvgIpc) is 3.97. The molecule has 4 rings (SSSR count). The first kappa shape index (κ1) is 54.5. The summed E-state index contributed by atoms with van der Waals surface area (Å²) in [6, 6.07) is 2.53. The predicted octanol–water partition coefficient (Wildman–Crippen LogP) is 3.93. The second-order valence-corrected chi connectivity index (χ2v) is 18.4. The van der Waals surface area contributed by atoms with E-state index < -0.39 is 39.6 Å². The predicted molar refractivity (Wildman–Crippen MR) is 250 cm³/mol. The van der Waals surface area contributed by atoms with E-state index in [2.05, 4.69) is 37.2 Å². The molecular formula is C44H66N10O13S. The van der Waals surface area contributed by atoms with Crippen LogP contribution in [0.25, 0.3) is 0 Å². The number of anilines is 1. The summed E-state index contributed by atoms with van der Waals surface area (Å²) < 4.78 is 0. The molecule has 68 heavy (non-hydrogen) atoms. The number of unbranched alkanes of at least 4 members (excludes halogenated alkanes) is 8. The van der Waals surface area contributed by atoms with E-state index in [1.165, 1.54) is 12.1 Å². The van der Waals surface area contributed by atoms with Crippen molar-refractivity contribution in [1.29, 1.82) is 0 Å². The van der Waals surface area contributed by atoms with Crippen LogP contribution >= 0.6 is 11.8 Å². The van der Waals surface area contributed by atoms with Crippen LogP contribution in [0, 0.1) is 20.2 Å². The molecule has 3 aliphatic heterocycles. The Kier molecular flexibility index (Phi) is 23.8. The number of carbonyl (C=O) groups excluding carboxylic acids is 8. The van der Waals surface area contributed by atoms with Gasteiger partial charge < -0.3 is 42.1 Å². The molecule has 0 saturated carbocycles. The third-order valence-electron chi connectivity index (χ3n) is 11.7. The van der Waals surface area contributed by atoms with E-state index in [1.807, 2.05) is 11.8 Å². The number of nitro benzene ring substituents is 2. The standard InChI is InChI=1S/C44H66N10O13S/c55-36(16-4-1-10-24-45-31-21-20-30(53(63)64)28-34(31)54(65)66)46-26-12-3-6-19-39(58)49-32(43(61)67-52-40(59)22-23-41(52)60)14-9-13-27-48-37(56)17-5-2-11-25-47-38(57)18-8-7-15-35-42-33(29-68-35)50-44(62)51-42/h20-21,28,32-33,35,42,45H,1-19,22-27,29H2,(H,46,55)(H,47,57)(H,48,56)(H,49,58)(H2,50,51,62)/t32?,33-,35?,42-/m0/s1. The van der Waals surface area contributed by atoms with E-state index in [0.717, 1.165) is 43.9 Å². The van der Waals surface area contributed by atoms with Gasteiger partial charge in [0.05, 0.1) is 28.0 Å². The Labute approximate surface area is 399 Å². The number of thioether (sulfide) groups is 1. The number of imide groups is 1. The number of nitrogens with one attached hydrogen (secondary N) is 7. The second kappa shape index (κ2) is 29.6. The minimum Gasteiger partial charge on any atom is -0.379 e. The summed E-state index contributed by atoms with van der Waals surface area (Å²) in [5.74, 6) is -1.98. The van der Waals surface area contributed by atoms with E-state index in [4.69, 9.17) is 4.84 Å². The van der Waals surface area contributed by atoms with Gasteiger partial charge in [-0.1, -0.05) is 25.7 Å². The molecule has 4 atom stereocenters. The highest BCUT2D eigenvalue weighted by atomic mass is 32.2. The van der Waals surface area contributed by atoms with Crippen molar-refractivity contribution in [1.82, 2.24) is 37.0 Å². The zero-order valence-electron chi connectivity index (χ0n) is 38.5. The van der Waals surface area contributed by atoms with Crippen LogP contribution in [-0.4, -0.2) is 118 Å². The molecule has 8 amide bonds. The number of hydroxylamine groups is 2. The maximum atomic E-state index is 13.0. The number of fused-ring (bicyclic) bond motifs is 1. The van der Waals surface area contributed by atoms with Gasteiger partial charge in [0.1, 0.15) is 11.7 Å². The number of carbonyl (C=O) groups is 8. The zero-order chi connectivity index (χ0) is 49.3. The fourth-order valence-electron chi connectivity index (χ4n) is 7.94. The molecule has 3 saturated heterocycles. The van der Waals surface area contributed by atoms with Gasteiger partial charge in [-0.2, -0.15) is 11.8 Å². The van der Waals surface area contributed by atoms with Gasteiger partial charge in [-0.15, -0.1) is 5.06 Å². The molecule has 1 aromatic rings. The highest BCUT2D eigenvalue weighted by Crippen LogP contribution is 2.33. The van der Waals surface area contributed by atoms with Crippen LogP contribution in [-0.2, 0) is 38.4 Å². The fourth-order valence-corrected chi connectivity index (χ4v) is 9.49. The Hall–Kier alpha value is -6.07. The topological polar surface area (TPSA) is 320 Å². The Morgan fingerprint density at radius 3 is 1.81 bits per heavy atom. The molecule has 0 spiro atoms. The minimum atomic E-state index is -1.13. The maximum Gasteiger partial charge on any atom is 0.355 e. The first-order valence-corrected chi connectivity index (χ1v) is 24.8. The number of rotatable bonds is 34. The van der Waals surface area contributed by atoms with Gasteiger partial charge in [0.15, 0.2) is 0 Å². The summed E-state index contributed by atoms with van der Waals surface area (Å²) in [5.41, 5.74) is -0.583. The van der Waals surface area contributed by atoms with Crippen molar-refractivity contribution in [2.45, 2.75) is 158 Å². The number of non-ortho nitro benzene ring substituents is 1. The largest absolute Gasteiger partial charge is 0.379 e. The summed E-state index contributed by atoms with van der Waals surface area (Å²) >= 11 is 1.86. The minimum absolute atomic E-state index is 0.0121. The van der Waals surface area contributed by atoms with Gasteiger partial charge in [-0.3, -0.25) is 49.0 Å². The lowest BCUT2D eigenvalue weighted by Gasteiger charge is -2.20. The molecule has 3 heterocycles. The van der Waals surface area contributed by atoms with Gasteiger partial charge >= 0.3 is 12.0 Å². The second-order valence-electron chi connectivity index (χ2n) is 17.1. The van der Waals surface area contributed by atoms with E-state index in [-0.39, 0.29) is 85.0 Å². The van der Waals surface area contributed by atoms with Crippen LogP contribution in [0.4, 0.5) is 21.9 Å². The lowest BCUT2D eigenvalue weighted by molar-refractivity contribution is -0.393. The van der Waals surface area contributed by atoms with Gasteiger partial charge in [0.2, 0.25) is 23.6 Å². The van der Waals surface area contributed by atoms with Crippen LogP contribution < -0.4 is 37.2 Å². The SMILES string of the molecule is O=C(CCCCCNc1ccc([N+](=O)[O-])cc1[N+](=O)[O-])NCCCCCC(=O)NC(CCCCNC(=O)CCCCCNC(=O)CCCCC1SC[C@@H]2NC(=O)N[C@H]12)C(=O)ON1C(=O)CCC1=O. The van der Waals surface area contributed by atoms with Gasteiger partial charge in [0, 0.05) is 81.8 Å². The Bertz CT molecular complexity index is 1930. The van der Waals surface area contributed by atoms with Crippen LogP contribution in [0.1, 0.15) is 135 Å². The number of benzene rings is 1. The Balaban J connectivity index is 1.01. The zero-order valence-corrected chi connectivity index (χ0v) is 39.3. The number of nitrogens with zero attached hydrogens (tertiary/aromatic N) is 3. The molecule has 3 fully saturated rings. The lowest BCUT2D eigenvalue weighted by atomic mass is 10.0. The summed E-state index contributed by atoms with van der Waals surface area (Å²) in [5, 5.41) is 43.1. The number of urea groups is 1. The quantitative estimate of drug-likeness (QED) is 0.0169. The van der Waals surface area contributed by atoms with Gasteiger partial charge in [-0.05, 0) is 76.7 Å². The summed E-state index contributed by atoms with van der Waals surface area (Å²) in [4.78, 5) is 124. The van der Waals surface area contributed by atoms with E-state index in [0.29, 0.717) is 107 Å². The van der Waals surface area contributed by atoms with Crippen molar-refractivity contribution in [3.8, 4) is 0 Å². The Morgan fingerprint density at radius 2 is 1.24 bits per heavy atom. The van der Waals surface area contributed by atoms with E-state index in [1.54, 1.807) is 0 Å². The highest BCUT2D eigenvalue weighted by molar-refractivity contribution is 8.00. The van der Waals surface area contributed by atoms with Gasteiger partial charge in [-0.25, -0.2) is 9.59 Å². The van der Waals surface area contributed by atoms with Crippen molar-refractivity contribution in [3.05, 3.63) is 38.4 Å². The molecular weight excluding hydrogens is 909 g/mol. The first-order chi connectivity index (χ1) is 32.7. The molecule has 23 nitrogen and oxygen atoms in total. The Morgan fingerprint density at radius 1 is 0.691 bits per heavy atom. The van der Waals surface area contributed by atoms with Crippen molar-refractivity contribution in [3.63, 3.8) is 0 Å². The molecule has 2 unspecified atom stereocenters. The fraction of sp³-hybridized carbons (Fsp3) is 0.682. The van der Waals surface area contributed by atoms with E-state index >= 15 is 0 Å². The van der Waals surface area contributed by atoms with Crippen molar-refractivity contribution in [2.75, 3.05) is 37.2 Å². The van der Waals surface area contributed by atoms with Crippen molar-refractivity contribution in [2.24, 2.45) is 0 Å². The molecule has 24 heteroatoms. The third kappa shape index (κ3) is 19.6. The number of nitro groups is 2. The number of hydrogen-bond donors (Lipinski definition) is 7. The van der Waals surface area contributed by atoms with Crippen LogP contribution in [0.2, 0.25) is 0 Å². The number of amides is 8. The average molecular weight is 975 g/mol. The molecule has 0 bridgehead atoms. The lowest BCUT2D eigenvalue weighted by Crippen LogP contribution is -2.45. The van der Waals surface area contributed by atoms with Crippen LogP contribution in [0.3, 0.4) is 0 Å². The highest BCUT2D eigenvalue weighted by Gasteiger charge is 2.42. The third-order valence-corrected chi connectivity index (χ3v) is 13.2. The van der Waals surface area contributed by atoms with E-state index in [9.17, 15) is 58.6 Å². The summed E-state index contributed by atoms with van der Waals surface area (Å²) in [7, 11) is 0.